The van der Waals surface area contributed by atoms with Gasteiger partial charge in [-0.15, -0.1) is 0 Å². The van der Waals surface area contributed by atoms with Crippen molar-refractivity contribution in [2.24, 2.45) is 0 Å². The zero-order valence-corrected chi connectivity index (χ0v) is 18.4. The molecule has 0 heterocycles. The van der Waals surface area contributed by atoms with Crippen LogP contribution in [0.2, 0.25) is 0 Å². The smallest absolute Gasteiger partial charge is 0.338 e. The molecule has 10 heteroatoms. The van der Waals surface area contributed by atoms with Crippen LogP contribution in [0, 0.1) is 10.4 Å². The van der Waals surface area contributed by atoms with E-state index >= 15 is 0 Å². The van der Waals surface area contributed by atoms with E-state index in [4.69, 9.17) is 19.9 Å². The van der Waals surface area contributed by atoms with Gasteiger partial charge < -0.3 is 19.9 Å². The third-order valence-electron chi connectivity index (χ3n) is 5.15. The van der Waals surface area contributed by atoms with E-state index in [-0.39, 0.29) is 22.5 Å². The number of hydrogen-bond donors (Lipinski definition) is 4. The van der Waals surface area contributed by atoms with Gasteiger partial charge in [-0.05, 0) is 55.3 Å². The van der Waals surface area contributed by atoms with Crippen molar-refractivity contribution in [2.45, 2.75) is 26.1 Å². The normalized spacial score (nSPS) is 14.5. The number of carbonyl (C=O) groups is 2. The lowest BCUT2D eigenvalue weighted by atomic mass is 10.0. The summed E-state index contributed by atoms with van der Waals surface area (Å²) in [5.74, 6) is -1.20. The minimum absolute atomic E-state index is 0.0682. The summed E-state index contributed by atoms with van der Waals surface area (Å²) >= 11 is 0. The van der Waals surface area contributed by atoms with Crippen molar-refractivity contribution in [3.8, 4) is 0 Å². The maximum absolute atomic E-state index is 12.4. The van der Waals surface area contributed by atoms with Crippen LogP contribution in [0.4, 0.5) is 11.4 Å². The highest BCUT2D eigenvalue weighted by atomic mass is 16.8. The standard InChI is InChI=1S/C24H24N2O8/c1-15(33-23(27)17-6-10-21(11-7-17)25(29)30)19-4-3-5-20(14-19)16(2)34-24(28)18-8-12-22(13-9-18)26(31)32/h3-16,25-26,29,31H,1-2H3/t15-,16+. The summed E-state index contributed by atoms with van der Waals surface area (Å²) < 4.78 is 11.0. The molecule has 2 unspecified atom stereocenters. The SMILES string of the molecule is C[C@H](OC(=O)c1ccc([NH+]([O-])O)cc1)c1cccc([C@@H](C)OC(=O)c2ccc([NH+]([O-])O)cc2)c1. The molecule has 0 aliphatic heterocycles. The van der Waals surface area contributed by atoms with Gasteiger partial charge in [-0.25, -0.2) is 20.0 Å². The molecule has 0 aliphatic rings. The molecule has 0 radical (unpaired) electrons. The van der Waals surface area contributed by atoms with Gasteiger partial charge in [-0.2, -0.15) is 10.5 Å². The Morgan fingerprint density at radius 2 is 1.06 bits per heavy atom. The number of rotatable bonds is 8. The van der Waals surface area contributed by atoms with E-state index in [2.05, 4.69) is 0 Å². The summed E-state index contributed by atoms with van der Waals surface area (Å²) in [5, 5.41) is 37.6. The van der Waals surface area contributed by atoms with Crippen LogP contribution < -0.4 is 10.5 Å². The Kier molecular flexibility index (Phi) is 8.08. The van der Waals surface area contributed by atoms with Gasteiger partial charge >= 0.3 is 11.9 Å². The van der Waals surface area contributed by atoms with E-state index in [1.54, 1.807) is 38.1 Å². The predicted molar refractivity (Wildman–Crippen MR) is 119 cm³/mol. The molecule has 0 bridgehead atoms. The van der Waals surface area contributed by atoms with Crippen LogP contribution in [0.1, 0.15) is 57.9 Å². The number of benzene rings is 3. The van der Waals surface area contributed by atoms with Crippen molar-refractivity contribution < 1.29 is 39.9 Å². The first kappa shape index (κ1) is 25.0. The molecule has 4 atom stereocenters. The first-order valence-electron chi connectivity index (χ1n) is 10.3. The fourth-order valence-electron chi connectivity index (χ4n) is 3.16. The summed E-state index contributed by atoms with van der Waals surface area (Å²) in [7, 11) is 0. The van der Waals surface area contributed by atoms with E-state index in [9.17, 15) is 20.0 Å². The Morgan fingerprint density at radius 3 is 1.38 bits per heavy atom. The lowest BCUT2D eigenvalue weighted by Crippen LogP contribution is -2.99. The highest BCUT2D eigenvalue weighted by Gasteiger charge is 2.18. The lowest BCUT2D eigenvalue weighted by Gasteiger charge is -2.18. The molecule has 0 fully saturated rings. The zero-order valence-electron chi connectivity index (χ0n) is 18.4. The Morgan fingerprint density at radius 1 is 0.706 bits per heavy atom. The molecule has 4 N–H and O–H groups in total. The fourth-order valence-corrected chi connectivity index (χ4v) is 3.16. The first-order valence-corrected chi connectivity index (χ1v) is 10.3. The second-order valence-corrected chi connectivity index (χ2v) is 7.53. The van der Waals surface area contributed by atoms with Gasteiger partial charge in [0.25, 0.3) is 0 Å². The van der Waals surface area contributed by atoms with Crippen molar-refractivity contribution >= 4 is 23.3 Å². The number of hydrogen-bond acceptors (Lipinski definition) is 8. The van der Waals surface area contributed by atoms with E-state index < -0.39 is 34.6 Å². The van der Waals surface area contributed by atoms with Crippen molar-refractivity contribution in [1.82, 2.24) is 0 Å². The molecule has 10 nitrogen and oxygen atoms in total. The van der Waals surface area contributed by atoms with Crippen LogP contribution in [0.3, 0.4) is 0 Å². The van der Waals surface area contributed by atoms with Crippen LogP contribution in [-0.4, -0.2) is 22.4 Å². The van der Waals surface area contributed by atoms with Crippen molar-refractivity contribution in [3.63, 3.8) is 0 Å². The Balaban J connectivity index is 1.64. The van der Waals surface area contributed by atoms with Crippen molar-refractivity contribution in [1.29, 1.82) is 0 Å². The molecule has 3 aromatic carbocycles. The molecular weight excluding hydrogens is 444 g/mol. The fraction of sp³-hybridized carbons (Fsp3) is 0.167. The van der Waals surface area contributed by atoms with E-state index in [0.717, 1.165) is 0 Å². The summed E-state index contributed by atoms with van der Waals surface area (Å²) in [6.07, 6.45) is -1.23. The Bertz CT molecular complexity index is 1040. The molecule has 3 aromatic rings. The topological polar surface area (TPSA) is 148 Å². The average Bonchev–Trinajstić information content (AvgIpc) is 2.84. The molecular formula is C24H24N2O8. The minimum atomic E-state index is -1.09. The molecule has 34 heavy (non-hydrogen) atoms. The maximum Gasteiger partial charge on any atom is 0.338 e. The third-order valence-corrected chi connectivity index (χ3v) is 5.15. The molecule has 0 aliphatic carbocycles. The van der Waals surface area contributed by atoms with Gasteiger partial charge in [0.1, 0.15) is 12.2 Å². The molecule has 3 rings (SSSR count). The Labute approximate surface area is 195 Å². The monoisotopic (exact) mass is 468 g/mol. The molecule has 0 saturated carbocycles. The van der Waals surface area contributed by atoms with Crippen LogP contribution >= 0.6 is 0 Å². The number of carbonyl (C=O) groups excluding carboxylic acids is 2. The van der Waals surface area contributed by atoms with E-state index in [1.807, 2.05) is 0 Å². The second-order valence-electron chi connectivity index (χ2n) is 7.53. The predicted octanol–water partition coefficient (Wildman–Crippen LogP) is 2.33. The zero-order chi connectivity index (χ0) is 24.8. The lowest BCUT2D eigenvalue weighted by molar-refractivity contribution is -0.991. The maximum atomic E-state index is 12.4. The largest absolute Gasteiger partial charge is 0.595 e. The van der Waals surface area contributed by atoms with Crippen molar-refractivity contribution in [3.05, 3.63) is 105 Å². The summed E-state index contributed by atoms with van der Waals surface area (Å²) in [5.41, 5.74) is 1.95. The van der Waals surface area contributed by atoms with Crippen LogP contribution in [0.15, 0.2) is 72.8 Å². The first-order chi connectivity index (χ1) is 16.2. The average molecular weight is 468 g/mol. The highest BCUT2D eigenvalue weighted by molar-refractivity contribution is 5.90. The quantitative estimate of drug-likeness (QED) is 0.291. The minimum Gasteiger partial charge on any atom is -0.595 e. The Hall–Kier alpha value is -3.64. The molecule has 0 spiro atoms. The van der Waals surface area contributed by atoms with Gasteiger partial charge in [0, 0.05) is 24.3 Å². The number of nitrogens with one attached hydrogen (secondary N) is 2. The van der Waals surface area contributed by atoms with Crippen LogP contribution in [-0.2, 0) is 9.47 Å². The van der Waals surface area contributed by atoms with Crippen LogP contribution in [0.25, 0.3) is 0 Å². The third kappa shape index (κ3) is 6.23. The van der Waals surface area contributed by atoms with Gasteiger partial charge in [-0.1, -0.05) is 18.2 Å². The van der Waals surface area contributed by atoms with Gasteiger partial charge in [0.05, 0.1) is 11.1 Å². The molecule has 178 valence electrons. The summed E-state index contributed by atoms with van der Waals surface area (Å²) in [6.45, 7) is 3.40. The molecule has 0 saturated heterocycles. The number of esters is 2. The highest BCUT2D eigenvalue weighted by Crippen LogP contribution is 2.25. The number of ether oxygens (including phenoxy) is 2. The molecule has 0 aromatic heterocycles. The van der Waals surface area contributed by atoms with Gasteiger partial charge in [0.2, 0.25) is 0 Å². The summed E-state index contributed by atoms with van der Waals surface area (Å²) in [6, 6.07) is 17.9. The van der Waals surface area contributed by atoms with Crippen LogP contribution in [0.5, 0.6) is 0 Å². The van der Waals surface area contributed by atoms with Gasteiger partial charge in [-0.3, -0.25) is 0 Å². The molecule has 0 amide bonds. The van der Waals surface area contributed by atoms with E-state index in [0.29, 0.717) is 11.1 Å². The van der Waals surface area contributed by atoms with E-state index in [1.165, 1.54) is 48.5 Å². The number of quaternary nitrogens is 2. The summed E-state index contributed by atoms with van der Waals surface area (Å²) in [4.78, 5) is 24.8. The van der Waals surface area contributed by atoms with Gasteiger partial charge in [0.15, 0.2) is 11.4 Å². The second kappa shape index (κ2) is 11.0. The van der Waals surface area contributed by atoms with Crippen molar-refractivity contribution in [2.75, 3.05) is 0 Å².